The zero-order chi connectivity index (χ0) is 10.8. The van der Waals surface area contributed by atoms with E-state index >= 15 is 0 Å². The Morgan fingerprint density at radius 3 is 3.07 bits per heavy atom. The predicted octanol–water partition coefficient (Wildman–Crippen LogP) is 2.59. The molecule has 0 fully saturated rings. The molecule has 3 nitrogen and oxygen atoms in total. The van der Waals surface area contributed by atoms with Crippen LogP contribution in [-0.2, 0) is 6.54 Å². The van der Waals surface area contributed by atoms with E-state index < -0.39 is 0 Å². The van der Waals surface area contributed by atoms with Crippen LogP contribution in [0.5, 0.6) is 0 Å². The molecule has 0 saturated carbocycles. The van der Waals surface area contributed by atoms with Crippen LogP contribution in [0.4, 0.5) is 0 Å². The van der Waals surface area contributed by atoms with Crippen molar-refractivity contribution in [3.63, 3.8) is 0 Å². The summed E-state index contributed by atoms with van der Waals surface area (Å²) in [7, 11) is 0. The van der Waals surface area contributed by atoms with Gasteiger partial charge in [0, 0.05) is 6.54 Å². The van der Waals surface area contributed by atoms with Gasteiger partial charge in [-0.05, 0) is 40.8 Å². The summed E-state index contributed by atoms with van der Waals surface area (Å²) in [5.74, 6) is 0. The normalized spacial score (nSPS) is 20.7. The molecule has 0 amide bonds. The van der Waals surface area contributed by atoms with Crippen LogP contribution >= 0.6 is 15.9 Å². The van der Waals surface area contributed by atoms with Crippen LogP contribution in [-0.4, -0.2) is 21.0 Å². The molecule has 4 heteroatoms. The van der Waals surface area contributed by atoms with Crippen LogP contribution < -0.4 is 0 Å². The molecule has 1 aromatic heterocycles. The van der Waals surface area contributed by atoms with Gasteiger partial charge in [0.15, 0.2) is 0 Å². The van der Waals surface area contributed by atoms with E-state index in [1.807, 2.05) is 17.0 Å². The molecule has 1 aliphatic rings. The first-order valence-electron chi connectivity index (χ1n) is 5.32. The summed E-state index contributed by atoms with van der Waals surface area (Å²) >= 11 is 3.51. The van der Waals surface area contributed by atoms with E-state index in [4.69, 9.17) is 0 Å². The molecule has 1 N–H and O–H groups in total. The maximum atomic E-state index is 9.49. The Kier molecular flexibility index (Phi) is 3.26. The highest BCUT2D eigenvalue weighted by Gasteiger charge is 2.19. The molecule has 0 aliphatic heterocycles. The molecule has 0 bridgehead atoms. The lowest BCUT2D eigenvalue weighted by Gasteiger charge is -2.07. The highest BCUT2D eigenvalue weighted by Crippen LogP contribution is 2.32. The standard InChI is InChI=1S/C11H15BrN2O/c1-2-5-14-11(10(12)7-13-14)8-3-4-9(15)6-8/h6-7,9,15H,2-5H2,1H3. The van der Waals surface area contributed by atoms with Gasteiger partial charge in [0.1, 0.15) is 0 Å². The van der Waals surface area contributed by atoms with E-state index in [9.17, 15) is 5.11 Å². The maximum absolute atomic E-state index is 9.49. The average molecular weight is 271 g/mol. The van der Waals surface area contributed by atoms with E-state index in [1.165, 1.54) is 5.57 Å². The first-order chi connectivity index (χ1) is 7.22. The Morgan fingerprint density at radius 2 is 2.47 bits per heavy atom. The summed E-state index contributed by atoms with van der Waals surface area (Å²) in [6.45, 7) is 3.06. The van der Waals surface area contributed by atoms with Crippen molar-refractivity contribution < 1.29 is 5.11 Å². The van der Waals surface area contributed by atoms with E-state index in [0.29, 0.717) is 0 Å². The Balaban J connectivity index is 2.33. The minimum Gasteiger partial charge on any atom is -0.389 e. The van der Waals surface area contributed by atoms with E-state index in [-0.39, 0.29) is 6.10 Å². The van der Waals surface area contributed by atoms with E-state index in [1.54, 1.807) is 0 Å². The largest absolute Gasteiger partial charge is 0.389 e. The number of aliphatic hydroxyl groups is 1. The number of hydrogen-bond acceptors (Lipinski definition) is 2. The minimum absolute atomic E-state index is 0.281. The van der Waals surface area contributed by atoms with Crippen molar-refractivity contribution >= 4 is 21.5 Å². The Bertz CT molecular complexity index is 384. The molecule has 0 spiro atoms. The highest BCUT2D eigenvalue weighted by molar-refractivity contribution is 9.10. The second-order valence-corrected chi connectivity index (χ2v) is 4.72. The third-order valence-corrected chi connectivity index (χ3v) is 3.22. The molecule has 1 aromatic rings. The van der Waals surface area contributed by atoms with Gasteiger partial charge in [-0.3, -0.25) is 4.68 Å². The number of aliphatic hydroxyl groups excluding tert-OH is 1. The molecule has 82 valence electrons. The summed E-state index contributed by atoms with van der Waals surface area (Å²) in [4.78, 5) is 0. The van der Waals surface area contributed by atoms with Gasteiger partial charge in [0.05, 0.1) is 22.5 Å². The number of allylic oxidation sites excluding steroid dienone is 1. The van der Waals surface area contributed by atoms with Crippen molar-refractivity contribution in [3.8, 4) is 0 Å². The minimum atomic E-state index is -0.281. The smallest absolute Gasteiger partial charge is 0.0781 e. The van der Waals surface area contributed by atoms with Gasteiger partial charge >= 0.3 is 0 Å². The Hall–Kier alpha value is -0.610. The third-order valence-electron chi connectivity index (χ3n) is 2.64. The number of rotatable bonds is 3. The van der Waals surface area contributed by atoms with Crippen LogP contribution in [0.2, 0.25) is 0 Å². The summed E-state index contributed by atoms with van der Waals surface area (Å²) in [5, 5.41) is 13.8. The fraction of sp³-hybridized carbons (Fsp3) is 0.545. The van der Waals surface area contributed by atoms with Crippen LogP contribution in [0.25, 0.3) is 5.57 Å². The van der Waals surface area contributed by atoms with Crippen LogP contribution in [0.3, 0.4) is 0 Å². The first-order valence-corrected chi connectivity index (χ1v) is 6.12. The lowest BCUT2D eigenvalue weighted by molar-refractivity contribution is 0.223. The Morgan fingerprint density at radius 1 is 1.67 bits per heavy atom. The van der Waals surface area contributed by atoms with Crippen molar-refractivity contribution in [2.45, 2.75) is 38.8 Å². The summed E-state index contributed by atoms with van der Waals surface area (Å²) in [6.07, 6.45) is 6.33. The van der Waals surface area contributed by atoms with Crippen molar-refractivity contribution in [3.05, 3.63) is 22.4 Å². The number of aromatic nitrogens is 2. The van der Waals surface area contributed by atoms with Crippen molar-refractivity contribution in [1.29, 1.82) is 0 Å². The summed E-state index contributed by atoms with van der Waals surface area (Å²) < 4.78 is 3.03. The van der Waals surface area contributed by atoms with Gasteiger partial charge in [-0.1, -0.05) is 13.0 Å². The van der Waals surface area contributed by atoms with Crippen molar-refractivity contribution in [2.75, 3.05) is 0 Å². The lowest BCUT2D eigenvalue weighted by Crippen LogP contribution is -2.03. The zero-order valence-electron chi connectivity index (χ0n) is 8.78. The van der Waals surface area contributed by atoms with Crippen molar-refractivity contribution in [1.82, 2.24) is 9.78 Å². The van der Waals surface area contributed by atoms with E-state index in [0.717, 1.165) is 36.0 Å². The molecule has 1 heterocycles. The molecular formula is C11H15BrN2O. The molecule has 2 rings (SSSR count). The third kappa shape index (κ3) is 2.16. The molecule has 1 aliphatic carbocycles. The number of halogens is 1. The lowest BCUT2D eigenvalue weighted by atomic mass is 10.1. The molecule has 1 atom stereocenters. The van der Waals surface area contributed by atoms with Gasteiger partial charge in [-0.15, -0.1) is 0 Å². The fourth-order valence-electron chi connectivity index (χ4n) is 1.96. The first kappa shape index (κ1) is 10.9. The molecule has 0 aromatic carbocycles. The molecule has 1 unspecified atom stereocenters. The maximum Gasteiger partial charge on any atom is 0.0781 e. The predicted molar refractivity (Wildman–Crippen MR) is 63.4 cm³/mol. The van der Waals surface area contributed by atoms with Crippen molar-refractivity contribution in [2.24, 2.45) is 0 Å². The second kappa shape index (κ2) is 4.49. The SMILES string of the molecule is CCCn1ncc(Br)c1C1=CC(O)CC1. The second-order valence-electron chi connectivity index (χ2n) is 3.86. The number of hydrogen-bond donors (Lipinski definition) is 1. The summed E-state index contributed by atoms with van der Waals surface area (Å²) in [6, 6.07) is 0. The van der Waals surface area contributed by atoms with Gasteiger partial charge in [-0.2, -0.15) is 5.10 Å². The van der Waals surface area contributed by atoms with Gasteiger partial charge in [0.25, 0.3) is 0 Å². The number of nitrogens with zero attached hydrogens (tertiary/aromatic N) is 2. The van der Waals surface area contributed by atoms with Crippen LogP contribution in [0, 0.1) is 0 Å². The van der Waals surface area contributed by atoms with Crippen LogP contribution in [0.1, 0.15) is 31.9 Å². The summed E-state index contributed by atoms with van der Waals surface area (Å²) in [5.41, 5.74) is 2.34. The quantitative estimate of drug-likeness (QED) is 0.917. The topological polar surface area (TPSA) is 38.0 Å². The molecule has 0 radical (unpaired) electrons. The van der Waals surface area contributed by atoms with Crippen LogP contribution in [0.15, 0.2) is 16.7 Å². The number of aryl methyl sites for hydroxylation is 1. The van der Waals surface area contributed by atoms with Gasteiger partial charge in [0.2, 0.25) is 0 Å². The fourth-order valence-corrected chi connectivity index (χ4v) is 2.51. The molecular weight excluding hydrogens is 256 g/mol. The monoisotopic (exact) mass is 270 g/mol. The Labute approximate surface area is 97.9 Å². The molecule has 0 saturated heterocycles. The van der Waals surface area contributed by atoms with Gasteiger partial charge in [-0.25, -0.2) is 0 Å². The van der Waals surface area contributed by atoms with Gasteiger partial charge < -0.3 is 5.11 Å². The molecule has 15 heavy (non-hydrogen) atoms. The zero-order valence-corrected chi connectivity index (χ0v) is 10.4. The average Bonchev–Trinajstić information content (AvgIpc) is 2.74. The highest BCUT2D eigenvalue weighted by atomic mass is 79.9. The van der Waals surface area contributed by atoms with E-state index in [2.05, 4.69) is 28.0 Å².